The summed E-state index contributed by atoms with van der Waals surface area (Å²) in [5.74, 6) is 0.0320. The van der Waals surface area contributed by atoms with Crippen LogP contribution in [0.1, 0.15) is 12.0 Å². The highest BCUT2D eigenvalue weighted by Crippen LogP contribution is 2.26. The molecule has 1 heterocycles. The van der Waals surface area contributed by atoms with E-state index in [2.05, 4.69) is 0 Å². The fraction of sp³-hybridized carbons (Fsp3) is 0.350. The van der Waals surface area contributed by atoms with E-state index in [0.29, 0.717) is 36.6 Å². The molecule has 0 radical (unpaired) electrons. The lowest BCUT2D eigenvalue weighted by Crippen LogP contribution is -2.33. The highest BCUT2D eigenvalue weighted by molar-refractivity contribution is 5.78. The number of methoxy groups -OCH3 is 1. The summed E-state index contributed by atoms with van der Waals surface area (Å²) in [6.45, 7) is 1.12. The van der Waals surface area contributed by atoms with Crippen molar-refractivity contribution in [2.45, 2.75) is 12.8 Å². The third kappa shape index (κ3) is 4.50. The minimum absolute atomic E-state index is 0.0678. The maximum Gasteiger partial charge on any atom is 0.260 e. The first-order valence-corrected chi connectivity index (χ1v) is 8.53. The van der Waals surface area contributed by atoms with Crippen LogP contribution in [0, 0.1) is 17.6 Å². The number of nitrogens with zero attached hydrogens (tertiary/aromatic N) is 1. The Balaban J connectivity index is 1.52. The molecule has 0 aromatic heterocycles. The van der Waals surface area contributed by atoms with Crippen LogP contribution in [0.25, 0.3) is 0 Å². The van der Waals surface area contributed by atoms with Gasteiger partial charge in [-0.25, -0.2) is 8.78 Å². The molecule has 0 saturated carbocycles. The largest absolute Gasteiger partial charge is 0.493 e. The number of halogens is 2. The van der Waals surface area contributed by atoms with E-state index in [1.807, 2.05) is 12.1 Å². The number of rotatable bonds is 6. The molecule has 1 atom stereocenters. The van der Waals surface area contributed by atoms with E-state index in [1.165, 1.54) is 12.1 Å². The highest BCUT2D eigenvalue weighted by Gasteiger charge is 2.27. The van der Waals surface area contributed by atoms with Gasteiger partial charge in [-0.1, -0.05) is 12.1 Å². The molecule has 1 saturated heterocycles. The Kier molecular flexibility index (Phi) is 5.71. The van der Waals surface area contributed by atoms with Crippen LogP contribution >= 0.6 is 0 Å². The zero-order valence-corrected chi connectivity index (χ0v) is 14.6. The summed E-state index contributed by atoms with van der Waals surface area (Å²) in [5, 5.41) is 0. The molecule has 2 aromatic carbocycles. The van der Waals surface area contributed by atoms with Crippen molar-refractivity contribution in [3.63, 3.8) is 0 Å². The third-order valence-electron chi connectivity index (χ3n) is 4.51. The van der Waals surface area contributed by atoms with Crippen LogP contribution in [-0.2, 0) is 11.2 Å². The predicted octanol–water partition coefficient (Wildman–Crippen LogP) is 3.44. The van der Waals surface area contributed by atoms with Gasteiger partial charge in [0.2, 0.25) is 0 Å². The van der Waals surface area contributed by atoms with Crippen LogP contribution in [-0.4, -0.2) is 37.6 Å². The van der Waals surface area contributed by atoms with Gasteiger partial charge in [0.1, 0.15) is 11.6 Å². The van der Waals surface area contributed by atoms with Crippen molar-refractivity contribution in [3.05, 3.63) is 59.7 Å². The number of amides is 1. The smallest absolute Gasteiger partial charge is 0.260 e. The zero-order chi connectivity index (χ0) is 18.5. The number of likely N-dealkylation sites (tertiary alicyclic amines) is 1. The zero-order valence-electron chi connectivity index (χ0n) is 14.6. The molecule has 2 aromatic rings. The molecule has 1 unspecified atom stereocenters. The Bertz CT molecular complexity index is 761. The molecule has 1 aliphatic rings. The summed E-state index contributed by atoms with van der Waals surface area (Å²) < 4.78 is 37.4. The minimum Gasteiger partial charge on any atom is -0.493 e. The van der Waals surface area contributed by atoms with Crippen molar-refractivity contribution in [1.29, 1.82) is 0 Å². The second kappa shape index (κ2) is 8.17. The summed E-state index contributed by atoms with van der Waals surface area (Å²) >= 11 is 0. The summed E-state index contributed by atoms with van der Waals surface area (Å²) in [6.07, 6.45) is 1.35. The molecule has 1 aliphatic heterocycles. The highest BCUT2D eigenvalue weighted by atomic mass is 19.1. The Labute approximate surface area is 151 Å². The van der Waals surface area contributed by atoms with Crippen LogP contribution in [0.4, 0.5) is 8.78 Å². The second-order valence-electron chi connectivity index (χ2n) is 6.42. The van der Waals surface area contributed by atoms with Crippen LogP contribution in [0.15, 0.2) is 42.5 Å². The fourth-order valence-corrected chi connectivity index (χ4v) is 3.26. The lowest BCUT2D eigenvalue weighted by Gasteiger charge is -2.17. The monoisotopic (exact) mass is 361 g/mol. The number of benzene rings is 2. The van der Waals surface area contributed by atoms with Crippen LogP contribution in [0.5, 0.6) is 11.5 Å². The van der Waals surface area contributed by atoms with Gasteiger partial charge in [0.25, 0.3) is 5.91 Å². The van der Waals surface area contributed by atoms with E-state index in [-0.39, 0.29) is 18.4 Å². The third-order valence-corrected chi connectivity index (χ3v) is 4.51. The molecule has 1 amide bonds. The average molecular weight is 361 g/mol. The molecule has 138 valence electrons. The van der Waals surface area contributed by atoms with E-state index in [9.17, 15) is 13.6 Å². The lowest BCUT2D eigenvalue weighted by molar-refractivity contribution is -0.132. The van der Waals surface area contributed by atoms with Gasteiger partial charge < -0.3 is 14.4 Å². The van der Waals surface area contributed by atoms with Crippen molar-refractivity contribution in [2.75, 3.05) is 26.8 Å². The Morgan fingerprint density at radius 3 is 2.54 bits per heavy atom. The quantitative estimate of drug-likeness (QED) is 0.791. The maximum absolute atomic E-state index is 13.3. The average Bonchev–Trinajstić information content (AvgIpc) is 3.07. The maximum atomic E-state index is 13.3. The Hall–Kier alpha value is -2.63. The molecule has 4 nitrogen and oxygen atoms in total. The van der Waals surface area contributed by atoms with E-state index < -0.39 is 11.6 Å². The van der Waals surface area contributed by atoms with Gasteiger partial charge in [0, 0.05) is 19.2 Å². The van der Waals surface area contributed by atoms with E-state index >= 15 is 0 Å². The first-order valence-electron chi connectivity index (χ1n) is 8.53. The minimum atomic E-state index is -0.573. The van der Waals surface area contributed by atoms with E-state index in [0.717, 1.165) is 12.5 Å². The molecule has 26 heavy (non-hydrogen) atoms. The van der Waals surface area contributed by atoms with Crippen LogP contribution in [0.2, 0.25) is 0 Å². The number of hydrogen-bond donors (Lipinski definition) is 0. The number of carbonyl (C=O) groups excluding carboxylic acids is 1. The lowest BCUT2D eigenvalue weighted by atomic mass is 9.98. The number of ether oxygens (including phenoxy) is 2. The molecule has 0 aliphatic carbocycles. The van der Waals surface area contributed by atoms with Gasteiger partial charge in [0.05, 0.1) is 7.11 Å². The van der Waals surface area contributed by atoms with E-state index in [1.54, 1.807) is 24.1 Å². The number of carbonyl (C=O) groups is 1. The standard InChI is InChI=1S/C20H21F2NO3/c1-25-18-4-2-3-5-19(18)26-13-20(24)23-7-6-14(12-23)8-15-9-16(21)11-17(22)10-15/h2-5,9-11,14H,6-8,12-13H2,1H3. The summed E-state index contributed by atoms with van der Waals surface area (Å²) in [5.41, 5.74) is 0.618. The van der Waals surface area contributed by atoms with Crippen LogP contribution < -0.4 is 9.47 Å². The van der Waals surface area contributed by atoms with Gasteiger partial charge in [0.15, 0.2) is 18.1 Å². The van der Waals surface area contributed by atoms with Gasteiger partial charge in [-0.15, -0.1) is 0 Å². The SMILES string of the molecule is COc1ccccc1OCC(=O)N1CCC(Cc2cc(F)cc(F)c2)C1. The first kappa shape index (κ1) is 18.2. The Morgan fingerprint density at radius 1 is 1.15 bits per heavy atom. The fourth-order valence-electron chi connectivity index (χ4n) is 3.26. The second-order valence-corrected chi connectivity index (χ2v) is 6.42. The number of para-hydroxylation sites is 2. The molecule has 3 rings (SSSR count). The molecule has 6 heteroatoms. The van der Waals surface area contributed by atoms with Gasteiger partial charge in [-0.3, -0.25) is 4.79 Å². The topological polar surface area (TPSA) is 38.8 Å². The predicted molar refractivity (Wildman–Crippen MR) is 93.2 cm³/mol. The van der Waals surface area contributed by atoms with E-state index in [4.69, 9.17) is 9.47 Å². The Morgan fingerprint density at radius 2 is 1.85 bits per heavy atom. The van der Waals surface area contributed by atoms with Gasteiger partial charge >= 0.3 is 0 Å². The molecule has 0 N–H and O–H groups in total. The van der Waals surface area contributed by atoms with Crippen LogP contribution in [0.3, 0.4) is 0 Å². The van der Waals surface area contributed by atoms with Crippen molar-refractivity contribution in [3.8, 4) is 11.5 Å². The summed E-state index contributed by atoms with van der Waals surface area (Å²) in [4.78, 5) is 14.1. The molecule has 0 bridgehead atoms. The van der Waals surface area contributed by atoms with Crippen molar-refractivity contribution < 1.29 is 23.0 Å². The molecular weight excluding hydrogens is 340 g/mol. The van der Waals surface area contributed by atoms with Crippen molar-refractivity contribution in [2.24, 2.45) is 5.92 Å². The molecule has 0 spiro atoms. The van der Waals surface area contributed by atoms with Crippen molar-refractivity contribution in [1.82, 2.24) is 4.90 Å². The first-order chi connectivity index (χ1) is 12.5. The molecular formula is C20H21F2NO3. The van der Waals surface area contributed by atoms with Gasteiger partial charge in [-0.05, 0) is 48.6 Å². The van der Waals surface area contributed by atoms with Crippen molar-refractivity contribution >= 4 is 5.91 Å². The number of hydrogen-bond acceptors (Lipinski definition) is 3. The normalized spacial score (nSPS) is 16.6. The summed E-state index contributed by atoms with van der Waals surface area (Å²) in [6, 6.07) is 10.7. The summed E-state index contributed by atoms with van der Waals surface area (Å²) in [7, 11) is 1.55. The molecule has 1 fully saturated rings. The van der Waals surface area contributed by atoms with Gasteiger partial charge in [-0.2, -0.15) is 0 Å².